The largest absolute Gasteiger partial charge is 0.494 e. The molecule has 2 N–H and O–H groups in total. The van der Waals surface area contributed by atoms with Gasteiger partial charge in [0.15, 0.2) is 0 Å². The second kappa shape index (κ2) is 9.59. The minimum Gasteiger partial charge on any atom is -0.494 e. The van der Waals surface area contributed by atoms with Crippen molar-refractivity contribution in [3.63, 3.8) is 0 Å². The SMILES string of the molecule is CCOc1ccc(CCNC(=O)CNC(=O)[C@]2(C)Cn3c(cc4ccccc43)C(=O)N2C)cc1. The molecular formula is C26H30N4O4. The molecule has 0 fully saturated rings. The lowest BCUT2D eigenvalue weighted by atomic mass is 9.95. The Balaban J connectivity index is 1.33. The summed E-state index contributed by atoms with van der Waals surface area (Å²) in [6, 6.07) is 17.3. The van der Waals surface area contributed by atoms with E-state index in [-0.39, 0.29) is 24.3 Å². The van der Waals surface area contributed by atoms with E-state index in [1.807, 2.05) is 66.1 Å². The first-order valence-electron chi connectivity index (χ1n) is 11.5. The van der Waals surface area contributed by atoms with Crippen LogP contribution in [0.3, 0.4) is 0 Å². The molecule has 1 aliphatic rings. The molecule has 4 rings (SSSR count). The van der Waals surface area contributed by atoms with Crippen molar-refractivity contribution >= 4 is 28.6 Å². The number of benzene rings is 2. The highest BCUT2D eigenvalue weighted by Crippen LogP contribution is 2.31. The molecule has 0 unspecified atom stereocenters. The maximum absolute atomic E-state index is 13.1. The Hall–Kier alpha value is -3.81. The summed E-state index contributed by atoms with van der Waals surface area (Å²) in [6.07, 6.45) is 0.671. The van der Waals surface area contributed by atoms with Crippen molar-refractivity contribution in [3.8, 4) is 5.75 Å². The molecule has 34 heavy (non-hydrogen) atoms. The summed E-state index contributed by atoms with van der Waals surface area (Å²) in [5.74, 6) is -0.0502. The van der Waals surface area contributed by atoms with E-state index >= 15 is 0 Å². The average Bonchev–Trinajstić information content (AvgIpc) is 3.21. The van der Waals surface area contributed by atoms with Crippen LogP contribution < -0.4 is 15.4 Å². The number of carbonyl (C=O) groups excluding carboxylic acids is 3. The molecule has 0 saturated heterocycles. The smallest absolute Gasteiger partial charge is 0.271 e. The quantitative estimate of drug-likeness (QED) is 0.538. The Kier molecular flexibility index (Phi) is 6.58. The number of hydrogen-bond donors (Lipinski definition) is 2. The second-order valence-electron chi connectivity index (χ2n) is 8.67. The Labute approximate surface area is 198 Å². The number of nitrogens with one attached hydrogen (secondary N) is 2. The molecule has 1 aliphatic heterocycles. The van der Waals surface area contributed by atoms with E-state index in [1.54, 1.807) is 14.0 Å². The second-order valence-corrected chi connectivity index (χ2v) is 8.67. The Morgan fingerprint density at radius 3 is 2.56 bits per heavy atom. The molecule has 2 heterocycles. The van der Waals surface area contributed by atoms with Gasteiger partial charge in [0, 0.05) is 24.5 Å². The number of carbonyl (C=O) groups is 3. The van der Waals surface area contributed by atoms with Crippen LogP contribution >= 0.6 is 0 Å². The molecule has 3 amide bonds. The van der Waals surface area contributed by atoms with Gasteiger partial charge >= 0.3 is 0 Å². The van der Waals surface area contributed by atoms with Crippen molar-refractivity contribution in [2.75, 3.05) is 26.7 Å². The number of aromatic nitrogens is 1. The van der Waals surface area contributed by atoms with Crippen LogP contribution in [0.25, 0.3) is 10.9 Å². The monoisotopic (exact) mass is 462 g/mol. The number of likely N-dealkylation sites (N-methyl/N-ethyl adjacent to an activating group) is 1. The maximum atomic E-state index is 13.1. The Morgan fingerprint density at radius 2 is 1.82 bits per heavy atom. The minimum atomic E-state index is -1.12. The van der Waals surface area contributed by atoms with E-state index in [9.17, 15) is 14.4 Å². The van der Waals surface area contributed by atoms with E-state index in [0.717, 1.165) is 22.2 Å². The van der Waals surface area contributed by atoms with Crippen molar-refractivity contribution in [2.24, 2.45) is 0 Å². The molecule has 0 bridgehead atoms. The third kappa shape index (κ3) is 4.48. The van der Waals surface area contributed by atoms with E-state index in [2.05, 4.69) is 10.6 Å². The van der Waals surface area contributed by atoms with Crippen LogP contribution in [0.2, 0.25) is 0 Å². The summed E-state index contributed by atoms with van der Waals surface area (Å²) >= 11 is 0. The summed E-state index contributed by atoms with van der Waals surface area (Å²) < 4.78 is 7.31. The molecule has 3 aromatic rings. The standard InChI is InChI=1S/C26H30N4O4/c1-4-34-20-11-9-18(10-12-20)13-14-27-23(31)16-28-25(33)26(2)17-30-21-8-6-5-7-19(21)15-22(30)24(32)29(26)3/h5-12,15H,4,13-14,16-17H2,1-3H3,(H,27,31)(H,28,33)/t26-/m0/s1. The predicted octanol–water partition coefficient (Wildman–Crippen LogP) is 2.36. The van der Waals surface area contributed by atoms with Crippen LogP contribution in [0, 0.1) is 0 Å². The van der Waals surface area contributed by atoms with Crippen molar-refractivity contribution in [3.05, 3.63) is 65.9 Å². The van der Waals surface area contributed by atoms with Gasteiger partial charge in [-0.25, -0.2) is 0 Å². The number of amides is 3. The van der Waals surface area contributed by atoms with Gasteiger partial charge in [-0.1, -0.05) is 30.3 Å². The molecule has 0 aliphatic carbocycles. The first-order valence-corrected chi connectivity index (χ1v) is 11.5. The van der Waals surface area contributed by atoms with Gasteiger partial charge in [0.1, 0.15) is 17.0 Å². The highest BCUT2D eigenvalue weighted by atomic mass is 16.5. The van der Waals surface area contributed by atoms with Crippen molar-refractivity contribution < 1.29 is 19.1 Å². The number of nitrogens with zero attached hydrogens (tertiary/aromatic N) is 2. The molecule has 0 radical (unpaired) electrons. The summed E-state index contributed by atoms with van der Waals surface area (Å²) in [5.41, 5.74) is 1.43. The normalized spacial score (nSPS) is 17.4. The van der Waals surface area contributed by atoms with E-state index < -0.39 is 5.54 Å². The van der Waals surface area contributed by atoms with Gasteiger partial charge in [-0.3, -0.25) is 14.4 Å². The molecule has 1 aromatic heterocycles. The van der Waals surface area contributed by atoms with Crippen LogP contribution in [0.4, 0.5) is 0 Å². The lowest BCUT2D eigenvalue weighted by Gasteiger charge is -2.41. The number of para-hydroxylation sites is 1. The minimum absolute atomic E-state index is 0.154. The van der Waals surface area contributed by atoms with Crippen LogP contribution in [0.5, 0.6) is 5.75 Å². The molecule has 1 atom stereocenters. The molecule has 8 nitrogen and oxygen atoms in total. The molecule has 178 valence electrons. The number of hydrogen-bond acceptors (Lipinski definition) is 4. The zero-order valence-electron chi connectivity index (χ0n) is 19.8. The zero-order chi connectivity index (χ0) is 24.3. The van der Waals surface area contributed by atoms with Crippen LogP contribution in [-0.2, 0) is 22.6 Å². The average molecular weight is 463 g/mol. The van der Waals surface area contributed by atoms with Crippen LogP contribution in [-0.4, -0.2) is 59.5 Å². The molecular weight excluding hydrogens is 432 g/mol. The third-order valence-electron chi connectivity index (χ3n) is 6.41. The fourth-order valence-electron chi connectivity index (χ4n) is 4.27. The lowest BCUT2D eigenvalue weighted by Crippen LogP contribution is -2.63. The topological polar surface area (TPSA) is 92.7 Å². The fraction of sp³-hybridized carbons (Fsp3) is 0.346. The first kappa shape index (κ1) is 23.4. The van der Waals surface area contributed by atoms with Gasteiger partial charge in [-0.2, -0.15) is 0 Å². The van der Waals surface area contributed by atoms with Crippen molar-refractivity contribution in [1.82, 2.24) is 20.1 Å². The molecule has 0 saturated carbocycles. The summed E-state index contributed by atoms with van der Waals surface area (Å²) in [6.45, 7) is 4.89. The molecule has 0 spiro atoms. The number of fused-ring (bicyclic) bond motifs is 3. The maximum Gasteiger partial charge on any atom is 0.271 e. The Morgan fingerprint density at radius 1 is 1.09 bits per heavy atom. The van der Waals surface area contributed by atoms with E-state index in [1.165, 1.54) is 4.90 Å². The van der Waals surface area contributed by atoms with E-state index in [4.69, 9.17) is 4.74 Å². The van der Waals surface area contributed by atoms with Gasteiger partial charge in [-0.05, 0) is 50.1 Å². The molecule has 8 heteroatoms. The van der Waals surface area contributed by atoms with Gasteiger partial charge in [-0.15, -0.1) is 0 Å². The van der Waals surface area contributed by atoms with Gasteiger partial charge in [0.25, 0.3) is 5.91 Å². The molecule has 2 aromatic carbocycles. The zero-order valence-corrected chi connectivity index (χ0v) is 19.8. The Bertz CT molecular complexity index is 1220. The summed E-state index contributed by atoms with van der Waals surface area (Å²) in [4.78, 5) is 39.9. The van der Waals surface area contributed by atoms with Crippen LogP contribution in [0.15, 0.2) is 54.6 Å². The van der Waals surface area contributed by atoms with Gasteiger partial charge < -0.3 is 24.8 Å². The highest BCUT2D eigenvalue weighted by molar-refractivity contribution is 6.03. The highest BCUT2D eigenvalue weighted by Gasteiger charge is 2.45. The van der Waals surface area contributed by atoms with Crippen molar-refractivity contribution in [2.45, 2.75) is 32.4 Å². The number of ether oxygens (including phenoxy) is 1. The van der Waals surface area contributed by atoms with Gasteiger partial charge in [0.2, 0.25) is 11.8 Å². The van der Waals surface area contributed by atoms with Crippen molar-refractivity contribution in [1.29, 1.82) is 0 Å². The number of rotatable bonds is 8. The lowest BCUT2D eigenvalue weighted by molar-refractivity contribution is -0.134. The van der Waals surface area contributed by atoms with Gasteiger partial charge in [0.05, 0.1) is 19.7 Å². The predicted molar refractivity (Wildman–Crippen MR) is 130 cm³/mol. The first-order chi connectivity index (χ1) is 16.3. The summed E-state index contributed by atoms with van der Waals surface area (Å²) in [5, 5.41) is 6.49. The van der Waals surface area contributed by atoms with E-state index in [0.29, 0.717) is 31.8 Å². The van der Waals surface area contributed by atoms with Crippen LogP contribution in [0.1, 0.15) is 29.9 Å². The summed E-state index contributed by atoms with van der Waals surface area (Å²) in [7, 11) is 1.62. The third-order valence-corrected chi connectivity index (χ3v) is 6.41. The fourth-order valence-corrected chi connectivity index (χ4v) is 4.27.